The van der Waals surface area contributed by atoms with Gasteiger partial charge >= 0.3 is 18.2 Å². The Bertz CT molecular complexity index is 1000. The molecular weight excluding hydrogens is 447 g/mol. The van der Waals surface area contributed by atoms with Gasteiger partial charge in [0.1, 0.15) is 18.6 Å². The minimum absolute atomic E-state index is 0.160. The highest BCUT2D eigenvalue weighted by molar-refractivity contribution is 5.78. The molecule has 33 heavy (non-hydrogen) atoms. The Kier molecular flexibility index (Phi) is 6.40. The fourth-order valence-electron chi connectivity index (χ4n) is 4.11. The number of imidazole rings is 1. The molecule has 2 aromatic rings. The van der Waals surface area contributed by atoms with Gasteiger partial charge in [0.2, 0.25) is 5.91 Å². The number of hydrogen-bond acceptors (Lipinski definition) is 7. The summed E-state index contributed by atoms with van der Waals surface area (Å²) in [6.45, 7) is 2.07. The van der Waals surface area contributed by atoms with Crippen molar-refractivity contribution in [1.82, 2.24) is 19.8 Å². The number of carbonyl (C=O) groups excluding carboxylic acids is 1. The summed E-state index contributed by atoms with van der Waals surface area (Å²) in [6.07, 6.45) is -1.88. The monoisotopic (exact) mass is 469 g/mol. The number of aromatic nitrogens is 2. The third-order valence-electron chi connectivity index (χ3n) is 5.65. The van der Waals surface area contributed by atoms with E-state index in [9.17, 15) is 28.1 Å². The second-order valence-electron chi connectivity index (χ2n) is 8.03. The molecule has 1 aromatic carbocycles. The lowest BCUT2D eigenvalue weighted by Crippen LogP contribution is -2.49. The summed E-state index contributed by atoms with van der Waals surface area (Å²) in [5.41, 5.74) is 0.943. The van der Waals surface area contributed by atoms with Crippen LogP contribution in [-0.4, -0.2) is 63.9 Å². The number of alkyl halides is 3. The first-order valence-electron chi connectivity index (χ1n) is 10.4. The summed E-state index contributed by atoms with van der Waals surface area (Å²) in [5.74, 6) is -0.521. The molecule has 4 rings (SSSR count). The van der Waals surface area contributed by atoms with Gasteiger partial charge in [0.05, 0.1) is 19.1 Å². The van der Waals surface area contributed by atoms with Crippen molar-refractivity contribution in [2.45, 2.75) is 37.7 Å². The van der Waals surface area contributed by atoms with E-state index < -0.39 is 11.3 Å². The van der Waals surface area contributed by atoms with E-state index in [4.69, 9.17) is 4.74 Å². The van der Waals surface area contributed by atoms with Crippen molar-refractivity contribution in [3.05, 3.63) is 46.1 Å². The molecule has 0 bridgehead atoms. The first kappa shape index (κ1) is 22.8. The number of carbonyl (C=O) groups is 1. The molecule has 1 atom stereocenters. The molecule has 10 nitrogen and oxygen atoms in total. The molecule has 1 amide bonds. The maximum absolute atomic E-state index is 12.5. The largest absolute Gasteiger partial charge is 0.573 e. The van der Waals surface area contributed by atoms with Gasteiger partial charge in [-0.1, -0.05) is 12.1 Å². The Morgan fingerprint density at radius 1 is 1.27 bits per heavy atom. The second-order valence-corrected chi connectivity index (χ2v) is 8.03. The van der Waals surface area contributed by atoms with Gasteiger partial charge in [0, 0.05) is 4.98 Å². The van der Waals surface area contributed by atoms with Crippen LogP contribution in [0.4, 0.5) is 19.0 Å². The topological polar surface area (TPSA) is 112 Å². The summed E-state index contributed by atoms with van der Waals surface area (Å²) in [5, 5.41) is 13.7. The van der Waals surface area contributed by atoms with Gasteiger partial charge in [0.15, 0.2) is 0 Å². The number of benzene rings is 1. The molecule has 1 aromatic heterocycles. The molecule has 1 fully saturated rings. The highest BCUT2D eigenvalue weighted by atomic mass is 19.4. The number of likely N-dealkylation sites (tertiary alicyclic amines) is 1. The number of halogens is 3. The standard InChI is InChI=1S/C20H22F3N5O5/c21-20(22,23)33-16-3-1-13(2-4-16)14-5-7-26(8-6-14)11-18(29)24-15-9-27-10-17(28(30)31)25-19(27)32-12-15/h1-4,10,14-15H,5-9,11-12H2,(H,24,29). The van der Waals surface area contributed by atoms with E-state index in [-0.39, 0.29) is 48.6 Å². The first-order chi connectivity index (χ1) is 15.7. The predicted molar refractivity (Wildman–Crippen MR) is 108 cm³/mol. The molecule has 0 saturated carbocycles. The zero-order valence-electron chi connectivity index (χ0n) is 17.5. The third kappa shape index (κ3) is 5.92. The number of nitrogens with zero attached hydrogens (tertiary/aromatic N) is 4. The molecule has 0 spiro atoms. The van der Waals surface area contributed by atoms with Gasteiger partial charge in [-0.25, -0.2) is 0 Å². The number of rotatable bonds is 6. The van der Waals surface area contributed by atoms with E-state index in [0.29, 0.717) is 19.6 Å². The number of amides is 1. The van der Waals surface area contributed by atoms with Gasteiger partial charge in [0.25, 0.3) is 0 Å². The summed E-state index contributed by atoms with van der Waals surface area (Å²) < 4.78 is 47.7. The Balaban J connectivity index is 1.22. The lowest BCUT2D eigenvalue weighted by molar-refractivity contribution is -0.389. The van der Waals surface area contributed by atoms with Gasteiger partial charge in [-0.15, -0.1) is 13.2 Å². The van der Waals surface area contributed by atoms with E-state index in [1.54, 1.807) is 12.1 Å². The molecule has 0 aliphatic carbocycles. The van der Waals surface area contributed by atoms with Gasteiger partial charge < -0.3 is 24.9 Å². The number of nitro groups is 1. The van der Waals surface area contributed by atoms with Crippen LogP contribution in [0.3, 0.4) is 0 Å². The summed E-state index contributed by atoms with van der Waals surface area (Å²) in [7, 11) is 0. The maximum Gasteiger partial charge on any atom is 0.573 e. The summed E-state index contributed by atoms with van der Waals surface area (Å²) >= 11 is 0. The summed E-state index contributed by atoms with van der Waals surface area (Å²) in [6, 6.07) is 5.75. The van der Waals surface area contributed by atoms with Crippen molar-refractivity contribution in [3.8, 4) is 11.8 Å². The normalized spacial score (nSPS) is 19.4. The van der Waals surface area contributed by atoms with Crippen molar-refractivity contribution in [2.75, 3.05) is 26.2 Å². The Labute approximate surface area is 186 Å². The molecule has 3 heterocycles. The van der Waals surface area contributed by atoms with E-state index in [1.165, 1.54) is 22.9 Å². The molecule has 1 unspecified atom stereocenters. The smallest absolute Gasteiger partial charge is 0.444 e. The number of hydrogen-bond donors (Lipinski definition) is 1. The highest BCUT2D eigenvalue weighted by Gasteiger charge is 2.32. The Hall–Kier alpha value is -3.35. The number of piperidine rings is 1. The van der Waals surface area contributed by atoms with Crippen LogP contribution in [0.1, 0.15) is 24.3 Å². The van der Waals surface area contributed by atoms with E-state index in [0.717, 1.165) is 18.4 Å². The van der Waals surface area contributed by atoms with Crippen molar-refractivity contribution < 1.29 is 32.4 Å². The van der Waals surface area contributed by atoms with E-state index in [1.807, 2.05) is 4.90 Å². The minimum Gasteiger partial charge on any atom is -0.444 e. The number of fused-ring (bicyclic) bond motifs is 1. The van der Waals surface area contributed by atoms with Crippen molar-refractivity contribution in [1.29, 1.82) is 0 Å². The van der Waals surface area contributed by atoms with Crippen LogP contribution in [0, 0.1) is 10.1 Å². The van der Waals surface area contributed by atoms with Gasteiger partial charge in [-0.05, 0) is 54.5 Å². The van der Waals surface area contributed by atoms with Crippen molar-refractivity contribution >= 4 is 11.7 Å². The van der Waals surface area contributed by atoms with Crippen LogP contribution in [-0.2, 0) is 11.3 Å². The summed E-state index contributed by atoms with van der Waals surface area (Å²) in [4.78, 5) is 28.5. The molecule has 0 radical (unpaired) electrons. The minimum atomic E-state index is -4.71. The average Bonchev–Trinajstić information content (AvgIpc) is 3.18. The second kappa shape index (κ2) is 9.25. The van der Waals surface area contributed by atoms with Crippen LogP contribution in [0.5, 0.6) is 11.8 Å². The van der Waals surface area contributed by atoms with Gasteiger partial charge in [-0.2, -0.15) is 0 Å². The Morgan fingerprint density at radius 3 is 2.61 bits per heavy atom. The lowest BCUT2D eigenvalue weighted by Gasteiger charge is -2.32. The van der Waals surface area contributed by atoms with Gasteiger partial charge in [-0.3, -0.25) is 14.3 Å². The molecule has 178 valence electrons. The van der Waals surface area contributed by atoms with E-state index >= 15 is 0 Å². The number of ether oxygens (including phenoxy) is 2. The van der Waals surface area contributed by atoms with Crippen LogP contribution in [0.2, 0.25) is 0 Å². The maximum atomic E-state index is 12.5. The first-order valence-corrected chi connectivity index (χ1v) is 10.4. The zero-order valence-corrected chi connectivity index (χ0v) is 17.5. The lowest BCUT2D eigenvalue weighted by atomic mass is 9.89. The molecule has 2 aliphatic heterocycles. The molecule has 2 aliphatic rings. The molecule has 1 N–H and O–H groups in total. The zero-order chi connectivity index (χ0) is 23.6. The average molecular weight is 469 g/mol. The quantitative estimate of drug-likeness (QED) is 0.511. The molecule has 13 heteroatoms. The SMILES string of the molecule is O=C(CN1CCC(c2ccc(OC(F)(F)F)cc2)CC1)NC1COc2nc([N+](=O)[O-])cn2C1. The van der Waals surface area contributed by atoms with Crippen LogP contribution in [0.25, 0.3) is 0 Å². The Morgan fingerprint density at radius 2 is 1.97 bits per heavy atom. The van der Waals surface area contributed by atoms with E-state index in [2.05, 4.69) is 15.0 Å². The van der Waals surface area contributed by atoms with Crippen molar-refractivity contribution in [2.24, 2.45) is 0 Å². The van der Waals surface area contributed by atoms with Crippen LogP contribution >= 0.6 is 0 Å². The molecular formula is C20H22F3N5O5. The fraction of sp³-hybridized carbons (Fsp3) is 0.500. The highest BCUT2D eigenvalue weighted by Crippen LogP contribution is 2.30. The van der Waals surface area contributed by atoms with Crippen LogP contribution in [0.15, 0.2) is 30.5 Å². The van der Waals surface area contributed by atoms with Crippen molar-refractivity contribution in [3.63, 3.8) is 0 Å². The third-order valence-corrected chi connectivity index (χ3v) is 5.65. The predicted octanol–water partition coefficient (Wildman–Crippen LogP) is 2.45. The molecule has 1 saturated heterocycles. The fourth-order valence-corrected chi connectivity index (χ4v) is 4.11. The number of nitrogens with one attached hydrogen (secondary N) is 1. The van der Waals surface area contributed by atoms with Crippen LogP contribution < -0.4 is 14.8 Å².